The van der Waals surface area contributed by atoms with Crippen molar-refractivity contribution in [2.45, 2.75) is 26.7 Å². The third-order valence-corrected chi connectivity index (χ3v) is 3.12. The van der Waals surface area contributed by atoms with Gasteiger partial charge in [-0.25, -0.2) is 0 Å². The normalized spacial score (nSPS) is 10.7. The van der Waals surface area contributed by atoms with Crippen molar-refractivity contribution >= 4 is 12.0 Å². The summed E-state index contributed by atoms with van der Waals surface area (Å²) in [5.74, 6) is 1.39. The molecule has 0 saturated carbocycles. The van der Waals surface area contributed by atoms with Crippen LogP contribution in [0, 0.1) is 0 Å². The van der Waals surface area contributed by atoms with Crippen LogP contribution in [-0.2, 0) is 4.79 Å². The van der Waals surface area contributed by atoms with Crippen LogP contribution in [0.5, 0.6) is 11.5 Å². The molecule has 0 unspecified atom stereocenters. The number of benzene rings is 1. The Kier molecular flexibility index (Phi) is 7.37. The molecule has 21 heavy (non-hydrogen) atoms. The van der Waals surface area contributed by atoms with Gasteiger partial charge in [-0.2, -0.15) is 0 Å². The highest BCUT2D eigenvalue weighted by atomic mass is 16.5. The summed E-state index contributed by atoms with van der Waals surface area (Å²) in [4.78, 5) is 14.0. The molecular formula is C17H25NO3. The highest BCUT2D eigenvalue weighted by Crippen LogP contribution is 2.27. The van der Waals surface area contributed by atoms with E-state index in [9.17, 15) is 4.79 Å². The SMILES string of the molecule is CCCN(CCC)C(=O)/C=C/c1ccc(OC)c(OC)c1. The minimum Gasteiger partial charge on any atom is -0.493 e. The highest BCUT2D eigenvalue weighted by Gasteiger charge is 2.08. The first-order chi connectivity index (χ1) is 10.2. The summed E-state index contributed by atoms with van der Waals surface area (Å²) in [5.41, 5.74) is 0.911. The third kappa shape index (κ3) is 5.14. The lowest BCUT2D eigenvalue weighted by molar-refractivity contribution is -0.126. The number of rotatable bonds is 8. The quantitative estimate of drug-likeness (QED) is 0.689. The minimum atomic E-state index is 0.0495. The second-order valence-electron chi connectivity index (χ2n) is 4.77. The van der Waals surface area contributed by atoms with E-state index < -0.39 is 0 Å². The van der Waals surface area contributed by atoms with E-state index in [1.165, 1.54) is 0 Å². The Balaban J connectivity index is 2.81. The molecule has 0 aromatic heterocycles. The standard InChI is InChI=1S/C17H25NO3/c1-5-11-18(12-6-2)17(19)10-8-14-7-9-15(20-3)16(13-14)21-4/h7-10,13H,5-6,11-12H2,1-4H3/b10-8+. The number of methoxy groups -OCH3 is 2. The van der Waals surface area contributed by atoms with Crippen molar-refractivity contribution in [3.63, 3.8) is 0 Å². The van der Waals surface area contributed by atoms with Crippen molar-refractivity contribution in [1.29, 1.82) is 0 Å². The molecular weight excluding hydrogens is 266 g/mol. The van der Waals surface area contributed by atoms with E-state index in [4.69, 9.17) is 9.47 Å². The first-order valence-electron chi connectivity index (χ1n) is 7.35. The summed E-state index contributed by atoms with van der Waals surface area (Å²) in [6, 6.07) is 5.58. The van der Waals surface area contributed by atoms with Crippen LogP contribution in [0.4, 0.5) is 0 Å². The molecule has 116 valence electrons. The molecule has 0 spiro atoms. The molecule has 0 N–H and O–H groups in total. The number of hydrogen-bond acceptors (Lipinski definition) is 3. The molecule has 0 radical (unpaired) electrons. The van der Waals surface area contributed by atoms with Crippen LogP contribution in [0.25, 0.3) is 6.08 Å². The third-order valence-electron chi connectivity index (χ3n) is 3.12. The van der Waals surface area contributed by atoms with Crippen molar-refractivity contribution in [3.8, 4) is 11.5 Å². The summed E-state index contributed by atoms with van der Waals surface area (Å²) < 4.78 is 10.4. The van der Waals surface area contributed by atoms with Gasteiger partial charge in [-0.15, -0.1) is 0 Å². The summed E-state index contributed by atoms with van der Waals surface area (Å²) in [6.07, 6.45) is 5.36. The summed E-state index contributed by atoms with van der Waals surface area (Å²) >= 11 is 0. The molecule has 0 saturated heterocycles. The maximum absolute atomic E-state index is 12.2. The summed E-state index contributed by atoms with van der Waals surface area (Å²) in [5, 5.41) is 0. The second kappa shape index (κ2) is 9.06. The van der Waals surface area contributed by atoms with E-state index in [-0.39, 0.29) is 5.91 Å². The van der Waals surface area contributed by atoms with Gasteiger partial charge in [-0.05, 0) is 36.6 Å². The van der Waals surface area contributed by atoms with E-state index in [0.29, 0.717) is 11.5 Å². The summed E-state index contributed by atoms with van der Waals surface area (Å²) in [7, 11) is 3.20. The fourth-order valence-corrected chi connectivity index (χ4v) is 2.10. The first kappa shape index (κ1) is 17.1. The number of amides is 1. The van der Waals surface area contributed by atoms with Gasteiger partial charge in [0, 0.05) is 19.2 Å². The zero-order valence-corrected chi connectivity index (χ0v) is 13.4. The van der Waals surface area contributed by atoms with Gasteiger partial charge >= 0.3 is 0 Å². The Morgan fingerprint density at radius 2 is 1.71 bits per heavy atom. The number of carbonyl (C=O) groups is 1. The Bertz CT molecular complexity index is 477. The molecule has 0 fully saturated rings. The molecule has 0 heterocycles. The molecule has 4 nitrogen and oxygen atoms in total. The molecule has 0 aliphatic heterocycles. The van der Waals surface area contributed by atoms with Crippen molar-refractivity contribution < 1.29 is 14.3 Å². The fraction of sp³-hybridized carbons (Fsp3) is 0.471. The van der Waals surface area contributed by atoms with Gasteiger partial charge in [0.25, 0.3) is 0 Å². The minimum absolute atomic E-state index is 0.0495. The molecule has 1 aromatic rings. The zero-order chi connectivity index (χ0) is 15.7. The lowest BCUT2D eigenvalue weighted by atomic mass is 10.2. The lowest BCUT2D eigenvalue weighted by Crippen LogP contribution is -2.30. The molecule has 1 amide bonds. The number of ether oxygens (including phenoxy) is 2. The Morgan fingerprint density at radius 3 is 2.24 bits per heavy atom. The fourth-order valence-electron chi connectivity index (χ4n) is 2.10. The van der Waals surface area contributed by atoms with Crippen LogP contribution < -0.4 is 9.47 Å². The van der Waals surface area contributed by atoms with Crippen LogP contribution >= 0.6 is 0 Å². The van der Waals surface area contributed by atoms with Crippen LogP contribution in [0.2, 0.25) is 0 Å². The molecule has 1 rings (SSSR count). The van der Waals surface area contributed by atoms with Crippen LogP contribution in [0.15, 0.2) is 24.3 Å². The van der Waals surface area contributed by atoms with Crippen LogP contribution in [0.1, 0.15) is 32.3 Å². The second-order valence-corrected chi connectivity index (χ2v) is 4.77. The Hall–Kier alpha value is -1.97. The number of carbonyl (C=O) groups excluding carboxylic acids is 1. The molecule has 0 atom stereocenters. The average molecular weight is 291 g/mol. The van der Waals surface area contributed by atoms with Crippen molar-refractivity contribution in [1.82, 2.24) is 4.90 Å². The van der Waals surface area contributed by atoms with E-state index in [1.807, 2.05) is 29.2 Å². The van der Waals surface area contributed by atoms with Gasteiger partial charge in [-0.1, -0.05) is 19.9 Å². The maximum Gasteiger partial charge on any atom is 0.246 e. The topological polar surface area (TPSA) is 38.8 Å². The smallest absolute Gasteiger partial charge is 0.246 e. The predicted octanol–water partition coefficient (Wildman–Crippen LogP) is 3.37. The van der Waals surface area contributed by atoms with Crippen molar-refractivity contribution in [2.24, 2.45) is 0 Å². The number of nitrogens with zero attached hydrogens (tertiary/aromatic N) is 1. The lowest BCUT2D eigenvalue weighted by Gasteiger charge is -2.19. The van der Waals surface area contributed by atoms with Crippen LogP contribution in [0.3, 0.4) is 0 Å². The van der Waals surface area contributed by atoms with Gasteiger partial charge in [0.2, 0.25) is 5.91 Å². The van der Waals surface area contributed by atoms with Crippen molar-refractivity contribution in [3.05, 3.63) is 29.8 Å². The Labute approximate surface area is 127 Å². The van der Waals surface area contributed by atoms with Crippen molar-refractivity contribution in [2.75, 3.05) is 27.3 Å². The summed E-state index contributed by atoms with van der Waals surface area (Å²) in [6.45, 7) is 5.74. The van der Waals surface area contributed by atoms with Gasteiger partial charge in [-0.3, -0.25) is 4.79 Å². The largest absolute Gasteiger partial charge is 0.493 e. The molecule has 0 aliphatic rings. The Morgan fingerprint density at radius 1 is 1.10 bits per heavy atom. The first-order valence-corrected chi connectivity index (χ1v) is 7.35. The number of hydrogen-bond donors (Lipinski definition) is 0. The van der Waals surface area contributed by atoms with Gasteiger partial charge in [0.1, 0.15) is 0 Å². The van der Waals surface area contributed by atoms with E-state index in [2.05, 4.69) is 13.8 Å². The molecule has 4 heteroatoms. The molecule has 1 aromatic carbocycles. The van der Waals surface area contributed by atoms with Crippen LogP contribution in [-0.4, -0.2) is 38.1 Å². The maximum atomic E-state index is 12.2. The molecule has 0 aliphatic carbocycles. The van der Waals surface area contributed by atoms with Gasteiger partial charge in [0.05, 0.1) is 14.2 Å². The predicted molar refractivity (Wildman–Crippen MR) is 85.7 cm³/mol. The van der Waals surface area contributed by atoms with E-state index in [0.717, 1.165) is 31.5 Å². The molecule has 0 bridgehead atoms. The zero-order valence-electron chi connectivity index (χ0n) is 13.4. The van der Waals surface area contributed by atoms with Gasteiger partial charge in [0.15, 0.2) is 11.5 Å². The van der Waals surface area contributed by atoms with Gasteiger partial charge < -0.3 is 14.4 Å². The average Bonchev–Trinajstić information content (AvgIpc) is 2.52. The van der Waals surface area contributed by atoms with E-state index >= 15 is 0 Å². The monoisotopic (exact) mass is 291 g/mol. The highest BCUT2D eigenvalue weighted by molar-refractivity contribution is 5.91. The van der Waals surface area contributed by atoms with E-state index in [1.54, 1.807) is 20.3 Å².